The Kier molecular flexibility index (Phi) is 4.97. The molecule has 0 unspecified atom stereocenters. The highest BCUT2D eigenvalue weighted by Crippen LogP contribution is 2.31. The lowest BCUT2D eigenvalue weighted by atomic mass is 10.3. The quantitative estimate of drug-likeness (QED) is 0.692. The fraction of sp³-hybridized carbons (Fsp3) is 0.222. The summed E-state index contributed by atoms with van der Waals surface area (Å²) in [6.07, 6.45) is 0. The van der Waals surface area contributed by atoms with Crippen LogP contribution in [0.4, 0.5) is 5.69 Å². The van der Waals surface area contributed by atoms with Gasteiger partial charge in [0.2, 0.25) is 15.9 Å². The molecule has 0 heterocycles. The topological polar surface area (TPSA) is 101 Å². The molecule has 100 valence electrons. The first-order valence-corrected chi connectivity index (χ1v) is 7.38. The number of halogens is 2. The number of rotatable bonds is 4. The smallest absolute Gasteiger partial charge is 0.242 e. The second-order valence-corrected chi connectivity index (χ2v) is 6.27. The summed E-state index contributed by atoms with van der Waals surface area (Å²) in [5.41, 5.74) is 5.79. The molecule has 0 saturated carbocycles. The number of hydrogen-bond donors (Lipinski definition) is 3. The van der Waals surface area contributed by atoms with E-state index in [4.69, 9.17) is 17.3 Å². The van der Waals surface area contributed by atoms with Crippen LogP contribution in [0.15, 0.2) is 21.5 Å². The normalized spacial score (nSPS) is 11.3. The zero-order valence-electron chi connectivity index (χ0n) is 9.33. The molecule has 0 aromatic heterocycles. The number of benzene rings is 1. The van der Waals surface area contributed by atoms with Gasteiger partial charge in [-0.3, -0.25) is 4.79 Å². The van der Waals surface area contributed by atoms with Crippen molar-refractivity contribution in [3.05, 3.63) is 21.6 Å². The van der Waals surface area contributed by atoms with Gasteiger partial charge in [0.05, 0.1) is 15.9 Å². The van der Waals surface area contributed by atoms with Gasteiger partial charge in [-0.1, -0.05) is 11.6 Å². The molecule has 0 radical (unpaired) electrons. The van der Waals surface area contributed by atoms with Crippen LogP contribution in [-0.2, 0) is 14.8 Å². The summed E-state index contributed by atoms with van der Waals surface area (Å²) >= 11 is 8.82. The van der Waals surface area contributed by atoms with Crippen molar-refractivity contribution >= 4 is 49.1 Å². The maximum absolute atomic E-state index is 11.9. The van der Waals surface area contributed by atoms with E-state index in [1.165, 1.54) is 19.2 Å². The molecule has 4 N–H and O–H groups in total. The van der Waals surface area contributed by atoms with E-state index in [1.54, 1.807) is 0 Å². The minimum Gasteiger partial charge on any atom is -0.398 e. The average Bonchev–Trinajstić information content (AvgIpc) is 2.30. The predicted octanol–water partition coefficient (Wildman–Crippen LogP) is 0.709. The van der Waals surface area contributed by atoms with Gasteiger partial charge in [0.25, 0.3) is 0 Å². The molecule has 0 aliphatic heterocycles. The summed E-state index contributed by atoms with van der Waals surface area (Å²) in [4.78, 5) is 10.9. The third-order valence-corrected chi connectivity index (χ3v) is 4.81. The molecule has 0 aliphatic rings. The van der Waals surface area contributed by atoms with Gasteiger partial charge in [0.1, 0.15) is 0 Å². The van der Waals surface area contributed by atoms with Crippen LogP contribution in [0.2, 0.25) is 5.02 Å². The van der Waals surface area contributed by atoms with Gasteiger partial charge in [-0.25, -0.2) is 13.1 Å². The number of anilines is 1. The molecule has 0 fully saturated rings. The monoisotopic (exact) mass is 355 g/mol. The molecule has 0 atom stereocenters. The Morgan fingerprint density at radius 1 is 1.50 bits per heavy atom. The highest BCUT2D eigenvalue weighted by Gasteiger charge is 2.20. The van der Waals surface area contributed by atoms with Crippen molar-refractivity contribution in [2.24, 2.45) is 0 Å². The van der Waals surface area contributed by atoms with Crippen molar-refractivity contribution in [1.29, 1.82) is 0 Å². The lowest BCUT2D eigenvalue weighted by Crippen LogP contribution is -2.35. The summed E-state index contributed by atoms with van der Waals surface area (Å²) in [5.74, 6) is -0.454. The minimum absolute atomic E-state index is 0.114. The van der Waals surface area contributed by atoms with E-state index < -0.39 is 15.9 Å². The summed E-state index contributed by atoms with van der Waals surface area (Å²) in [6, 6.07) is 2.66. The lowest BCUT2D eigenvalue weighted by Gasteiger charge is -2.10. The van der Waals surface area contributed by atoms with E-state index in [0.29, 0.717) is 0 Å². The molecule has 0 spiro atoms. The molecular weight excluding hydrogens is 346 g/mol. The van der Waals surface area contributed by atoms with Gasteiger partial charge in [-0.15, -0.1) is 0 Å². The number of carbonyl (C=O) groups is 1. The second-order valence-electron chi connectivity index (χ2n) is 3.30. The van der Waals surface area contributed by atoms with E-state index in [-0.39, 0.29) is 26.6 Å². The van der Waals surface area contributed by atoms with Gasteiger partial charge in [-0.05, 0) is 28.1 Å². The Bertz CT molecular complexity index is 577. The SMILES string of the molecule is CNC(=O)CNS(=O)(=O)c1cc(Cl)cc(N)c1Br. The Hall–Kier alpha value is -0.830. The zero-order chi connectivity index (χ0) is 13.9. The van der Waals surface area contributed by atoms with Crippen LogP contribution in [0.25, 0.3) is 0 Å². The van der Waals surface area contributed by atoms with Crippen LogP contribution in [0, 0.1) is 0 Å². The van der Waals surface area contributed by atoms with E-state index in [1.807, 2.05) is 0 Å². The highest BCUT2D eigenvalue weighted by molar-refractivity contribution is 9.10. The molecule has 0 aliphatic carbocycles. The molecule has 9 heteroatoms. The maximum atomic E-state index is 11.9. The zero-order valence-corrected chi connectivity index (χ0v) is 12.5. The van der Waals surface area contributed by atoms with Crippen LogP contribution in [0.3, 0.4) is 0 Å². The third kappa shape index (κ3) is 3.58. The number of nitrogen functional groups attached to an aromatic ring is 1. The molecule has 1 aromatic rings. The molecule has 0 bridgehead atoms. The highest BCUT2D eigenvalue weighted by atomic mass is 79.9. The molecule has 18 heavy (non-hydrogen) atoms. The van der Waals surface area contributed by atoms with Crippen LogP contribution in [0.5, 0.6) is 0 Å². The van der Waals surface area contributed by atoms with Crippen molar-refractivity contribution in [1.82, 2.24) is 10.0 Å². The molecule has 1 amide bonds. The Labute approximate surface area is 118 Å². The summed E-state index contributed by atoms with van der Waals surface area (Å²) in [7, 11) is -2.46. The number of amides is 1. The van der Waals surface area contributed by atoms with E-state index in [2.05, 4.69) is 26.0 Å². The Morgan fingerprint density at radius 3 is 2.67 bits per heavy atom. The van der Waals surface area contributed by atoms with Crippen LogP contribution in [0.1, 0.15) is 0 Å². The first-order valence-electron chi connectivity index (χ1n) is 4.72. The van der Waals surface area contributed by atoms with Crippen LogP contribution >= 0.6 is 27.5 Å². The number of nitrogens with one attached hydrogen (secondary N) is 2. The number of sulfonamides is 1. The summed E-state index contributed by atoms with van der Waals surface area (Å²) in [5, 5.41) is 2.49. The van der Waals surface area contributed by atoms with Gasteiger partial charge >= 0.3 is 0 Å². The first-order chi connectivity index (χ1) is 8.27. The van der Waals surface area contributed by atoms with E-state index in [0.717, 1.165) is 0 Å². The maximum Gasteiger partial charge on any atom is 0.242 e. The standard InChI is InChI=1S/C9H11BrClN3O3S/c1-13-8(15)4-14-18(16,17)7-3-5(11)2-6(12)9(7)10/h2-3,14H,4,12H2,1H3,(H,13,15). The number of carbonyl (C=O) groups excluding carboxylic acids is 1. The largest absolute Gasteiger partial charge is 0.398 e. The van der Waals surface area contributed by atoms with Crippen molar-refractivity contribution in [3.63, 3.8) is 0 Å². The Balaban J connectivity index is 3.09. The molecule has 1 rings (SSSR count). The Morgan fingerprint density at radius 2 is 2.11 bits per heavy atom. The second kappa shape index (κ2) is 5.87. The van der Waals surface area contributed by atoms with Crippen molar-refractivity contribution in [2.45, 2.75) is 4.90 Å². The number of hydrogen-bond acceptors (Lipinski definition) is 4. The molecule has 6 nitrogen and oxygen atoms in total. The van der Waals surface area contributed by atoms with E-state index in [9.17, 15) is 13.2 Å². The van der Waals surface area contributed by atoms with Crippen LogP contribution < -0.4 is 15.8 Å². The number of nitrogens with two attached hydrogens (primary N) is 1. The lowest BCUT2D eigenvalue weighted by molar-refractivity contribution is -0.119. The minimum atomic E-state index is -3.86. The van der Waals surface area contributed by atoms with Crippen LogP contribution in [-0.4, -0.2) is 27.9 Å². The van der Waals surface area contributed by atoms with Gasteiger partial charge < -0.3 is 11.1 Å². The predicted molar refractivity (Wildman–Crippen MR) is 72.8 cm³/mol. The fourth-order valence-electron chi connectivity index (χ4n) is 1.11. The van der Waals surface area contributed by atoms with Gasteiger partial charge in [0.15, 0.2) is 0 Å². The van der Waals surface area contributed by atoms with Crippen molar-refractivity contribution in [2.75, 3.05) is 19.3 Å². The molecule has 1 aromatic carbocycles. The van der Waals surface area contributed by atoms with E-state index >= 15 is 0 Å². The fourth-order valence-corrected chi connectivity index (χ4v) is 3.38. The number of likely N-dealkylation sites (N-methyl/N-ethyl adjacent to an activating group) is 1. The molecular formula is C9H11BrClN3O3S. The van der Waals surface area contributed by atoms with Crippen molar-refractivity contribution < 1.29 is 13.2 Å². The van der Waals surface area contributed by atoms with Gasteiger partial charge in [0, 0.05) is 17.8 Å². The molecule has 0 saturated heterocycles. The van der Waals surface area contributed by atoms with Crippen molar-refractivity contribution in [3.8, 4) is 0 Å². The first kappa shape index (κ1) is 15.2. The third-order valence-electron chi connectivity index (χ3n) is 2.02. The summed E-state index contributed by atoms with van der Waals surface area (Å²) < 4.78 is 26.2. The average molecular weight is 357 g/mol. The summed E-state index contributed by atoms with van der Waals surface area (Å²) in [6.45, 7) is -0.363. The van der Waals surface area contributed by atoms with Gasteiger partial charge in [-0.2, -0.15) is 0 Å².